The first kappa shape index (κ1) is 26.4. The molecule has 2 fully saturated rings. The predicted molar refractivity (Wildman–Crippen MR) is 134 cm³/mol. The summed E-state index contributed by atoms with van der Waals surface area (Å²) in [4.78, 5) is 41.8. The Morgan fingerprint density at radius 2 is 1.76 bits per heavy atom. The van der Waals surface area contributed by atoms with E-state index in [1.54, 1.807) is 11.9 Å². The number of ketones is 1. The lowest BCUT2D eigenvalue weighted by molar-refractivity contribution is -0.141. The van der Waals surface area contributed by atoms with E-state index in [-0.39, 0.29) is 23.6 Å². The highest BCUT2D eigenvalue weighted by atomic mass is 16.2. The summed E-state index contributed by atoms with van der Waals surface area (Å²) in [5.74, 6) is 0.820. The van der Waals surface area contributed by atoms with Gasteiger partial charge in [0.05, 0.1) is 12.1 Å². The second kappa shape index (κ2) is 13.6. The molecule has 187 valence electrons. The summed E-state index contributed by atoms with van der Waals surface area (Å²) in [5.41, 5.74) is 6.73. The molecule has 0 aromatic heterocycles. The number of nitrogens with two attached hydrogens (primary N) is 1. The lowest BCUT2D eigenvalue weighted by Gasteiger charge is -2.32. The van der Waals surface area contributed by atoms with Crippen LogP contribution < -0.4 is 16.4 Å². The Balaban J connectivity index is 1.68. The number of nitrogens with one attached hydrogen (secondary N) is 2. The number of benzene rings is 1. The molecule has 0 bridgehead atoms. The fourth-order valence-electron chi connectivity index (χ4n) is 5.16. The van der Waals surface area contributed by atoms with Crippen molar-refractivity contribution in [2.24, 2.45) is 5.73 Å². The number of likely N-dealkylation sites (tertiary alicyclic amines) is 1. The summed E-state index contributed by atoms with van der Waals surface area (Å²) in [6.45, 7) is 1.12. The van der Waals surface area contributed by atoms with Crippen LogP contribution in [0.1, 0.15) is 69.8 Å². The maximum atomic E-state index is 13.6. The van der Waals surface area contributed by atoms with Crippen molar-refractivity contribution < 1.29 is 14.4 Å². The molecule has 0 unspecified atom stereocenters. The van der Waals surface area contributed by atoms with E-state index in [1.165, 1.54) is 6.42 Å². The molecule has 34 heavy (non-hydrogen) atoms. The number of hydrogen-bond acceptors (Lipinski definition) is 5. The Bertz CT molecular complexity index is 794. The first-order valence-corrected chi connectivity index (χ1v) is 13.0. The summed E-state index contributed by atoms with van der Waals surface area (Å²) in [6, 6.07) is 8.37. The van der Waals surface area contributed by atoms with Crippen LogP contribution in [0.3, 0.4) is 0 Å². The van der Waals surface area contributed by atoms with Gasteiger partial charge in [0.15, 0.2) is 5.78 Å². The van der Waals surface area contributed by atoms with E-state index in [0.29, 0.717) is 32.4 Å². The van der Waals surface area contributed by atoms with Crippen molar-refractivity contribution in [3.8, 4) is 0 Å². The lowest BCUT2D eigenvalue weighted by atomic mass is 9.83. The lowest BCUT2D eigenvalue weighted by Crippen LogP contribution is -2.55. The minimum Gasteiger partial charge on any atom is -0.343 e. The van der Waals surface area contributed by atoms with E-state index in [0.717, 1.165) is 56.4 Å². The standard InChI is InChI=1S/C27H41N4O3/c1-29-23(19-20-11-4-2-5-12-20)26(33)30-22(15-8-9-17-28)27(34)31-18-10-16-24(31)25(32)21-13-6-3-7-14-21/h2,4-5,11-12,22-24,29H,3,6-10,13-19,28H2,1H3,(H,30,33)/t22-,23-,24-/m1/s1. The fraction of sp³-hybridized carbons (Fsp3) is 0.630. The van der Waals surface area contributed by atoms with E-state index in [1.807, 2.05) is 30.3 Å². The second-order valence-electron chi connectivity index (χ2n) is 9.59. The van der Waals surface area contributed by atoms with Gasteiger partial charge in [0.25, 0.3) is 0 Å². The first-order chi connectivity index (χ1) is 16.5. The Labute approximate surface area is 204 Å². The van der Waals surface area contributed by atoms with Gasteiger partial charge in [-0.1, -0.05) is 49.6 Å². The van der Waals surface area contributed by atoms with Gasteiger partial charge >= 0.3 is 0 Å². The summed E-state index contributed by atoms with van der Waals surface area (Å²) < 4.78 is 0. The van der Waals surface area contributed by atoms with Crippen molar-refractivity contribution >= 4 is 17.6 Å². The van der Waals surface area contributed by atoms with E-state index in [4.69, 9.17) is 5.73 Å². The minimum atomic E-state index is -0.643. The number of rotatable bonds is 12. The van der Waals surface area contributed by atoms with E-state index < -0.39 is 12.1 Å². The molecular formula is C27H41N4O3. The highest BCUT2D eigenvalue weighted by Crippen LogP contribution is 2.31. The minimum absolute atomic E-state index is 0.132. The number of carbonyl (C=O) groups is 3. The highest BCUT2D eigenvalue weighted by Gasteiger charge is 2.40. The third kappa shape index (κ3) is 7.12. The van der Waals surface area contributed by atoms with Crippen molar-refractivity contribution in [3.05, 3.63) is 41.8 Å². The molecule has 3 rings (SSSR count). The Morgan fingerprint density at radius 1 is 1.03 bits per heavy atom. The third-order valence-electron chi connectivity index (χ3n) is 7.15. The van der Waals surface area contributed by atoms with Gasteiger partial charge in [-0.25, -0.2) is 0 Å². The highest BCUT2D eigenvalue weighted by molar-refractivity contribution is 6.00. The molecule has 1 saturated carbocycles. The van der Waals surface area contributed by atoms with Gasteiger partial charge in [-0.2, -0.15) is 0 Å². The molecule has 1 aromatic rings. The summed E-state index contributed by atoms with van der Waals surface area (Å²) in [5, 5.41) is 6.10. The molecule has 4 N–H and O–H groups in total. The second-order valence-corrected chi connectivity index (χ2v) is 9.59. The average Bonchev–Trinajstić information content (AvgIpc) is 3.37. The van der Waals surface area contributed by atoms with Gasteiger partial charge in [-0.3, -0.25) is 14.4 Å². The van der Waals surface area contributed by atoms with E-state index in [2.05, 4.69) is 10.6 Å². The molecule has 1 heterocycles. The van der Waals surface area contributed by atoms with Gasteiger partial charge in [0, 0.05) is 12.5 Å². The zero-order valence-electron chi connectivity index (χ0n) is 20.6. The zero-order chi connectivity index (χ0) is 24.3. The zero-order valence-corrected chi connectivity index (χ0v) is 20.6. The third-order valence-corrected chi connectivity index (χ3v) is 7.15. The number of nitrogens with zero attached hydrogens (tertiary/aromatic N) is 1. The van der Waals surface area contributed by atoms with Crippen LogP contribution in [0.25, 0.3) is 0 Å². The van der Waals surface area contributed by atoms with Crippen LogP contribution in [0.2, 0.25) is 0 Å². The maximum absolute atomic E-state index is 13.6. The van der Waals surface area contributed by atoms with Crippen LogP contribution in [0.15, 0.2) is 30.3 Å². The van der Waals surface area contributed by atoms with Gasteiger partial charge in [0.1, 0.15) is 6.04 Å². The van der Waals surface area contributed by atoms with Crippen molar-refractivity contribution in [2.75, 3.05) is 20.1 Å². The number of hydrogen-bond donors (Lipinski definition) is 3. The molecule has 2 amide bonds. The first-order valence-electron chi connectivity index (χ1n) is 13.0. The van der Waals surface area contributed by atoms with Crippen molar-refractivity contribution in [2.45, 2.75) is 88.8 Å². The van der Waals surface area contributed by atoms with Gasteiger partial charge in [-0.15, -0.1) is 0 Å². The molecule has 1 radical (unpaired) electrons. The maximum Gasteiger partial charge on any atom is 0.245 e. The molecule has 2 aliphatic rings. The molecule has 3 atom stereocenters. The van der Waals surface area contributed by atoms with Crippen molar-refractivity contribution in [3.63, 3.8) is 0 Å². The Morgan fingerprint density at radius 3 is 2.44 bits per heavy atom. The molecular weight excluding hydrogens is 428 g/mol. The van der Waals surface area contributed by atoms with Crippen molar-refractivity contribution in [1.29, 1.82) is 0 Å². The van der Waals surface area contributed by atoms with Gasteiger partial charge in [-0.05, 0) is 70.5 Å². The van der Waals surface area contributed by atoms with Crippen LogP contribution >= 0.6 is 0 Å². The number of Topliss-reactive ketones (excluding diaryl/α,β-unsaturated/α-hetero) is 1. The van der Waals surface area contributed by atoms with E-state index >= 15 is 0 Å². The molecule has 1 aromatic carbocycles. The predicted octanol–water partition coefficient (Wildman–Crippen LogP) is 2.53. The molecule has 0 spiro atoms. The van der Waals surface area contributed by atoms with Crippen LogP contribution in [-0.2, 0) is 20.8 Å². The topological polar surface area (TPSA) is 105 Å². The number of likely N-dealkylation sites (N-methyl/N-ethyl adjacent to an activating group) is 1. The quantitative estimate of drug-likeness (QED) is 0.408. The Hall–Kier alpha value is -2.25. The fourth-order valence-corrected chi connectivity index (χ4v) is 5.16. The summed E-state index contributed by atoms with van der Waals surface area (Å²) in [7, 11) is 1.76. The molecule has 1 saturated heterocycles. The normalized spacial score (nSPS) is 20.6. The van der Waals surface area contributed by atoms with Crippen LogP contribution in [0, 0.1) is 5.92 Å². The number of amides is 2. The van der Waals surface area contributed by atoms with Crippen LogP contribution in [-0.4, -0.2) is 60.8 Å². The molecule has 1 aliphatic carbocycles. The largest absolute Gasteiger partial charge is 0.343 e. The molecule has 7 nitrogen and oxygen atoms in total. The molecule has 1 aliphatic heterocycles. The number of carbonyl (C=O) groups excluding carboxylic acids is 3. The summed E-state index contributed by atoms with van der Waals surface area (Å²) >= 11 is 0. The van der Waals surface area contributed by atoms with Crippen molar-refractivity contribution in [1.82, 2.24) is 15.5 Å². The van der Waals surface area contributed by atoms with Crippen LogP contribution in [0.5, 0.6) is 0 Å². The molecule has 7 heteroatoms. The van der Waals surface area contributed by atoms with E-state index in [9.17, 15) is 14.4 Å². The smallest absolute Gasteiger partial charge is 0.245 e. The van der Waals surface area contributed by atoms with Crippen LogP contribution in [0.4, 0.5) is 0 Å². The summed E-state index contributed by atoms with van der Waals surface area (Å²) in [6.07, 6.45) is 9.16. The average molecular weight is 470 g/mol. The Kier molecular flexibility index (Phi) is 10.5. The number of unbranched alkanes of at least 4 members (excludes halogenated alkanes) is 1. The SMILES string of the molecule is CN[C@H](Cc1ccccc1)C(=O)N[C@H](CCCCN)C(=O)N1CCC[C@@H]1C(=O)[C]1CCCCC1. The monoisotopic (exact) mass is 469 g/mol. The van der Waals surface area contributed by atoms with Gasteiger partial charge < -0.3 is 21.3 Å². The van der Waals surface area contributed by atoms with Gasteiger partial charge in [0.2, 0.25) is 11.8 Å².